The van der Waals surface area contributed by atoms with Crippen LogP contribution in [0.15, 0.2) is 27.6 Å². The van der Waals surface area contributed by atoms with Crippen LogP contribution in [0.25, 0.3) is 0 Å². The van der Waals surface area contributed by atoms with Crippen LogP contribution < -0.4 is 4.72 Å². The molecule has 0 unspecified atom stereocenters. The zero-order chi connectivity index (χ0) is 17.7. The molecule has 0 spiro atoms. The predicted molar refractivity (Wildman–Crippen MR) is 87.9 cm³/mol. The van der Waals surface area contributed by atoms with E-state index in [1.807, 2.05) is 0 Å². The lowest BCUT2D eigenvalue weighted by Crippen LogP contribution is -2.44. The summed E-state index contributed by atoms with van der Waals surface area (Å²) >= 11 is 0. The van der Waals surface area contributed by atoms with Crippen molar-refractivity contribution in [2.75, 3.05) is 0 Å². The van der Waals surface area contributed by atoms with Gasteiger partial charge in [0, 0.05) is 5.92 Å². The van der Waals surface area contributed by atoms with E-state index in [1.54, 1.807) is 6.92 Å². The smallest absolute Gasteiger partial charge is 0.241 e. The molecule has 134 valence electrons. The van der Waals surface area contributed by atoms with E-state index in [1.165, 1.54) is 12.1 Å². The van der Waals surface area contributed by atoms with Gasteiger partial charge in [0.25, 0.3) is 0 Å². The summed E-state index contributed by atoms with van der Waals surface area (Å²) in [7, 11) is -3.90. The van der Waals surface area contributed by atoms with Crippen LogP contribution in [0.2, 0.25) is 0 Å². The van der Waals surface area contributed by atoms with E-state index in [9.17, 15) is 12.8 Å². The van der Waals surface area contributed by atoms with Gasteiger partial charge in [0.1, 0.15) is 5.82 Å². The summed E-state index contributed by atoms with van der Waals surface area (Å²) in [6.45, 7) is 1.59. The van der Waals surface area contributed by atoms with Crippen LogP contribution in [0.3, 0.4) is 0 Å². The first-order valence-electron chi connectivity index (χ1n) is 8.54. The molecule has 1 heterocycles. The van der Waals surface area contributed by atoms with Crippen LogP contribution in [-0.2, 0) is 15.6 Å². The molecule has 2 aliphatic carbocycles. The van der Waals surface area contributed by atoms with E-state index in [-0.39, 0.29) is 4.90 Å². The molecule has 0 aliphatic heterocycles. The molecule has 8 heteroatoms. The van der Waals surface area contributed by atoms with Crippen molar-refractivity contribution < 1.29 is 17.3 Å². The van der Waals surface area contributed by atoms with E-state index in [4.69, 9.17) is 4.52 Å². The summed E-state index contributed by atoms with van der Waals surface area (Å²) in [4.78, 5) is 4.37. The zero-order valence-electron chi connectivity index (χ0n) is 14.0. The average Bonchev–Trinajstić information content (AvgIpc) is 3.10. The van der Waals surface area contributed by atoms with E-state index in [0.29, 0.717) is 36.0 Å². The minimum atomic E-state index is -3.90. The molecule has 25 heavy (non-hydrogen) atoms. The third-order valence-electron chi connectivity index (χ3n) is 5.04. The molecule has 1 N–H and O–H groups in total. The Morgan fingerprint density at radius 2 is 2.00 bits per heavy atom. The average molecular weight is 365 g/mol. The minimum absolute atomic E-state index is 0.0900. The minimum Gasteiger partial charge on any atom is -0.339 e. The molecular formula is C17H20FN3O3S. The van der Waals surface area contributed by atoms with Crippen molar-refractivity contribution in [2.24, 2.45) is 0 Å². The number of nitrogens with one attached hydrogen (secondary N) is 1. The second-order valence-corrected chi connectivity index (χ2v) is 8.72. The van der Waals surface area contributed by atoms with Gasteiger partial charge in [0.05, 0.1) is 10.4 Å². The molecule has 4 rings (SSSR count). The maximum atomic E-state index is 13.8. The van der Waals surface area contributed by atoms with Crippen molar-refractivity contribution in [1.82, 2.24) is 14.9 Å². The lowest BCUT2D eigenvalue weighted by Gasteiger charge is -2.26. The SMILES string of the molecule is Cc1ccc(S(=O)(=O)NC2(c3noc(C4CC4)n3)CCCC2)cc1F. The fourth-order valence-electron chi connectivity index (χ4n) is 3.33. The maximum absolute atomic E-state index is 13.8. The second-order valence-electron chi connectivity index (χ2n) is 7.04. The highest BCUT2D eigenvalue weighted by Crippen LogP contribution is 2.42. The Labute approximate surface area is 145 Å². The van der Waals surface area contributed by atoms with Gasteiger partial charge in [-0.15, -0.1) is 0 Å². The highest BCUT2D eigenvalue weighted by atomic mass is 32.2. The standard InChI is InChI=1S/C17H20FN3O3S/c1-11-4-7-13(10-14(11)18)25(22,23)21-17(8-2-3-9-17)16-19-15(24-20-16)12-5-6-12/h4,7,10,12,21H,2-3,5-6,8-9H2,1H3. The van der Waals surface area contributed by atoms with Crippen LogP contribution in [0, 0.1) is 12.7 Å². The topological polar surface area (TPSA) is 85.1 Å². The first-order chi connectivity index (χ1) is 11.9. The van der Waals surface area contributed by atoms with Gasteiger partial charge in [0.2, 0.25) is 15.9 Å². The van der Waals surface area contributed by atoms with Gasteiger partial charge in [-0.1, -0.05) is 24.1 Å². The van der Waals surface area contributed by atoms with E-state index >= 15 is 0 Å². The van der Waals surface area contributed by atoms with Gasteiger partial charge in [-0.3, -0.25) is 0 Å². The largest absolute Gasteiger partial charge is 0.339 e. The quantitative estimate of drug-likeness (QED) is 0.880. The first-order valence-corrected chi connectivity index (χ1v) is 10.0. The number of hydrogen-bond donors (Lipinski definition) is 1. The summed E-state index contributed by atoms with van der Waals surface area (Å²) < 4.78 is 47.5. The predicted octanol–water partition coefficient (Wildman–Crippen LogP) is 3.14. The number of aryl methyl sites for hydroxylation is 1. The number of sulfonamides is 1. The normalized spacial score (nSPS) is 20.1. The van der Waals surface area contributed by atoms with Crippen molar-refractivity contribution in [3.63, 3.8) is 0 Å². The molecular weight excluding hydrogens is 345 g/mol. The highest BCUT2D eigenvalue weighted by Gasteiger charge is 2.44. The van der Waals surface area contributed by atoms with Crippen molar-refractivity contribution in [1.29, 1.82) is 0 Å². The molecule has 2 aromatic rings. The molecule has 2 aliphatic rings. The molecule has 1 aromatic heterocycles. The molecule has 0 saturated heterocycles. The zero-order valence-corrected chi connectivity index (χ0v) is 14.8. The van der Waals surface area contributed by atoms with Gasteiger partial charge in [-0.25, -0.2) is 12.8 Å². The molecule has 0 amide bonds. The lowest BCUT2D eigenvalue weighted by molar-refractivity contribution is 0.333. The van der Waals surface area contributed by atoms with Crippen molar-refractivity contribution in [3.8, 4) is 0 Å². The number of nitrogens with zero attached hydrogens (tertiary/aromatic N) is 2. The van der Waals surface area contributed by atoms with Crippen LogP contribution in [-0.4, -0.2) is 18.6 Å². The van der Waals surface area contributed by atoms with E-state index < -0.39 is 21.4 Å². The maximum Gasteiger partial charge on any atom is 0.241 e. The Balaban J connectivity index is 1.67. The van der Waals surface area contributed by atoms with Crippen LogP contribution >= 0.6 is 0 Å². The van der Waals surface area contributed by atoms with Crippen molar-refractivity contribution in [3.05, 3.63) is 41.3 Å². The Bertz CT molecular complexity index is 900. The monoisotopic (exact) mass is 365 g/mol. The summed E-state index contributed by atoms with van der Waals surface area (Å²) in [5.74, 6) is 0.742. The number of rotatable bonds is 5. The molecule has 0 bridgehead atoms. The van der Waals surface area contributed by atoms with Gasteiger partial charge in [0.15, 0.2) is 5.82 Å². The molecule has 6 nitrogen and oxygen atoms in total. The number of hydrogen-bond acceptors (Lipinski definition) is 5. The molecule has 2 saturated carbocycles. The van der Waals surface area contributed by atoms with Gasteiger partial charge in [-0.2, -0.15) is 9.71 Å². The number of aromatic nitrogens is 2. The Kier molecular flexibility index (Phi) is 3.92. The van der Waals surface area contributed by atoms with Gasteiger partial charge in [-0.05, 0) is 50.3 Å². The molecule has 0 radical (unpaired) electrons. The van der Waals surface area contributed by atoms with E-state index in [2.05, 4.69) is 14.9 Å². The summed E-state index contributed by atoms with van der Waals surface area (Å²) in [5, 5.41) is 4.05. The Hall–Kier alpha value is -1.80. The van der Waals surface area contributed by atoms with Crippen molar-refractivity contribution >= 4 is 10.0 Å². The fraction of sp³-hybridized carbons (Fsp3) is 0.529. The number of benzene rings is 1. The van der Waals surface area contributed by atoms with Crippen molar-refractivity contribution in [2.45, 2.75) is 61.8 Å². The van der Waals surface area contributed by atoms with Crippen LogP contribution in [0.5, 0.6) is 0 Å². The molecule has 1 aromatic carbocycles. The lowest BCUT2D eigenvalue weighted by atomic mass is 9.98. The Morgan fingerprint density at radius 1 is 1.28 bits per heavy atom. The molecule has 2 fully saturated rings. The van der Waals surface area contributed by atoms with Gasteiger partial charge >= 0.3 is 0 Å². The van der Waals surface area contributed by atoms with Gasteiger partial charge < -0.3 is 4.52 Å². The highest BCUT2D eigenvalue weighted by molar-refractivity contribution is 7.89. The third-order valence-corrected chi connectivity index (χ3v) is 6.57. The number of halogens is 1. The van der Waals surface area contributed by atoms with E-state index in [0.717, 1.165) is 31.7 Å². The summed E-state index contributed by atoms with van der Waals surface area (Å²) in [5.41, 5.74) is -0.474. The Morgan fingerprint density at radius 3 is 2.64 bits per heavy atom. The van der Waals surface area contributed by atoms with Crippen LogP contribution in [0.4, 0.5) is 4.39 Å². The third kappa shape index (κ3) is 3.08. The first kappa shape index (κ1) is 16.7. The summed E-state index contributed by atoms with van der Waals surface area (Å²) in [6.07, 6.45) is 5.01. The fourth-order valence-corrected chi connectivity index (χ4v) is 4.77. The second kappa shape index (κ2) is 5.88. The molecule has 0 atom stereocenters. The summed E-state index contributed by atoms with van der Waals surface area (Å²) in [6, 6.07) is 3.92. The van der Waals surface area contributed by atoms with Crippen LogP contribution in [0.1, 0.15) is 61.7 Å².